The summed E-state index contributed by atoms with van der Waals surface area (Å²) in [7, 11) is 0. The van der Waals surface area contributed by atoms with Crippen molar-refractivity contribution in [3.05, 3.63) is 58.4 Å². The maximum Gasteiger partial charge on any atom is 0.286 e. The lowest BCUT2D eigenvalue weighted by Crippen LogP contribution is -2.20. The van der Waals surface area contributed by atoms with Crippen molar-refractivity contribution >= 4 is 39.2 Å². The van der Waals surface area contributed by atoms with E-state index in [9.17, 15) is 4.79 Å². The minimum Gasteiger partial charge on any atom is -0.484 e. The van der Waals surface area contributed by atoms with Gasteiger partial charge in [-0.05, 0) is 49.4 Å². The van der Waals surface area contributed by atoms with Crippen LogP contribution in [-0.2, 0) is 11.3 Å². The SMILES string of the molecule is CSCCn1c(=NC(=O)COc2ccccc2)sc2c(C)cc(C)cc21. The topological polar surface area (TPSA) is 43.6 Å². The van der Waals surface area contributed by atoms with Gasteiger partial charge in [0.15, 0.2) is 11.4 Å². The number of ether oxygens (including phenoxy) is 1. The predicted octanol–water partition coefficient (Wildman–Crippen LogP) is 4.19. The first-order valence-electron chi connectivity index (χ1n) is 8.43. The Kier molecular flexibility index (Phi) is 6.16. The molecule has 1 heterocycles. The van der Waals surface area contributed by atoms with Crippen molar-refractivity contribution in [2.45, 2.75) is 20.4 Å². The van der Waals surface area contributed by atoms with E-state index in [0.717, 1.165) is 22.6 Å². The zero-order valence-electron chi connectivity index (χ0n) is 15.2. The van der Waals surface area contributed by atoms with Gasteiger partial charge in [0.1, 0.15) is 5.75 Å². The van der Waals surface area contributed by atoms with Crippen LogP contribution >= 0.6 is 23.1 Å². The number of fused-ring (bicyclic) bond motifs is 1. The Bertz CT molecular complexity index is 975. The van der Waals surface area contributed by atoms with Gasteiger partial charge >= 0.3 is 0 Å². The zero-order valence-corrected chi connectivity index (χ0v) is 16.8. The Morgan fingerprint density at radius 2 is 2.00 bits per heavy atom. The van der Waals surface area contributed by atoms with Crippen LogP contribution in [0.15, 0.2) is 47.5 Å². The van der Waals surface area contributed by atoms with Crippen molar-refractivity contribution in [2.75, 3.05) is 18.6 Å². The van der Waals surface area contributed by atoms with Crippen LogP contribution in [0.3, 0.4) is 0 Å². The Morgan fingerprint density at radius 1 is 1.23 bits per heavy atom. The molecule has 0 unspecified atom stereocenters. The highest BCUT2D eigenvalue weighted by Gasteiger charge is 2.11. The molecule has 26 heavy (non-hydrogen) atoms. The van der Waals surface area contributed by atoms with Crippen molar-refractivity contribution in [2.24, 2.45) is 4.99 Å². The Hall–Kier alpha value is -2.05. The first-order valence-corrected chi connectivity index (χ1v) is 10.6. The molecule has 0 radical (unpaired) electrons. The van der Waals surface area contributed by atoms with Gasteiger partial charge in [0, 0.05) is 12.3 Å². The van der Waals surface area contributed by atoms with Gasteiger partial charge in [-0.1, -0.05) is 35.6 Å². The summed E-state index contributed by atoms with van der Waals surface area (Å²) in [6.07, 6.45) is 2.08. The van der Waals surface area contributed by atoms with E-state index in [1.54, 1.807) is 23.1 Å². The number of benzene rings is 2. The highest BCUT2D eigenvalue weighted by molar-refractivity contribution is 7.98. The van der Waals surface area contributed by atoms with Gasteiger partial charge in [0.25, 0.3) is 5.91 Å². The smallest absolute Gasteiger partial charge is 0.286 e. The van der Waals surface area contributed by atoms with Crippen molar-refractivity contribution < 1.29 is 9.53 Å². The molecule has 0 atom stereocenters. The summed E-state index contributed by atoms with van der Waals surface area (Å²) < 4.78 is 8.86. The molecule has 0 fully saturated rings. The average Bonchev–Trinajstić information content (AvgIpc) is 2.96. The van der Waals surface area contributed by atoms with Crippen LogP contribution in [0.25, 0.3) is 10.2 Å². The summed E-state index contributed by atoms with van der Waals surface area (Å²) in [5, 5.41) is 0. The number of amides is 1. The molecule has 6 heteroatoms. The summed E-state index contributed by atoms with van der Waals surface area (Å²) in [6.45, 7) is 4.97. The highest BCUT2D eigenvalue weighted by Crippen LogP contribution is 2.23. The average molecular weight is 387 g/mol. The minimum atomic E-state index is -0.271. The summed E-state index contributed by atoms with van der Waals surface area (Å²) >= 11 is 3.35. The van der Waals surface area contributed by atoms with Crippen LogP contribution in [-0.4, -0.2) is 29.1 Å². The highest BCUT2D eigenvalue weighted by atomic mass is 32.2. The zero-order chi connectivity index (χ0) is 18.5. The van der Waals surface area contributed by atoms with Crippen molar-refractivity contribution in [3.63, 3.8) is 0 Å². The van der Waals surface area contributed by atoms with E-state index in [1.807, 2.05) is 30.3 Å². The van der Waals surface area contributed by atoms with E-state index in [4.69, 9.17) is 4.74 Å². The number of aromatic nitrogens is 1. The molecule has 3 aromatic rings. The summed E-state index contributed by atoms with van der Waals surface area (Å²) in [6, 6.07) is 13.7. The Labute approximate surface area is 161 Å². The second-order valence-electron chi connectivity index (χ2n) is 6.07. The maximum absolute atomic E-state index is 12.3. The molecule has 0 N–H and O–H groups in total. The lowest BCUT2D eigenvalue weighted by atomic mass is 10.1. The molecule has 0 saturated carbocycles. The largest absolute Gasteiger partial charge is 0.484 e. The molecular formula is C20H22N2O2S2. The molecular weight excluding hydrogens is 364 g/mol. The van der Waals surface area contributed by atoms with Gasteiger partial charge < -0.3 is 9.30 Å². The normalized spacial score (nSPS) is 11.9. The van der Waals surface area contributed by atoms with Gasteiger partial charge in [-0.3, -0.25) is 4.79 Å². The number of para-hydroxylation sites is 1. The lowest BCUT2D eigenvalue weighted by Gasteiger charge is -2.06. The first-order chi connectivity index (χ1) is 12.6. The summed E-state index contributed by atoms with van der Waals surface area (Å²) in [4.78, 5) is 17.4. The molecule has 2 aromatic carbocycles. The molecule has 0 aliphatic heterocycles. The summed E-state index contributed by atoms with van der Waals surface area (Å²) in [5.74, 6) is 1.38. The van der Waals surface area contributed by atoms with E-state index < -0.39 is 0 Å². The molecule has 0 saturated heterocycles. The molecule has 1 aromatic heterocycles. The van der Waals surface area contributed by atoms with Crippen LogP contribution in [0.1, 0.15) is 11.1 Å². The number of carbonyl (C=O) groups is 1. The van der Waals surface area contributed by atoms with Crippen molar-refractivity contribution in [3.8, 4) is 5.75 Å². The van der Waals surface area contributed by atoms with E-state index in [2.05, 4.69) is 41.8 Å². The van der Waals surface area contributed by atoms with Crippen LogP contribution < -0.4 is 9.54 Å². The molecule has 0 aliphatic rings. The second-order valence-corrected chi connectivity index (χ2v) is 8.03. The minimum absolute atomic E-state index is 0.0567. The number of thioether (sulfide) groups is 1. The number of hydrogen-bond donors (Lipinski definition) is 0. The quantitative estimate of drug-likeness (QED) is 0.638. The fraction of sp³-hybridized carbons (Fsp3) is 0.300. The Morgan fingerprint density at radius 3 is 2.73 bits per heavy atom. The van der Waals surface area contributed by atoms with E-state index in [-0.39, 0.29) is 12.5 Å². The van der Waals surface area contributed by atoms with Gasteiger partial charge in [-0.2, -0.15) is 16.8 Å². The fourth-order valence-corrected chi connectivity index (χ4v) is 4.29. The summed E-state index contributed by atoms with van der Waals surface area (Å²) in [5.41, 5.74) is 3.59. The first kappa shape index (κ1) is 18.7. The molecule has 0 aliphatic carbocycles. The van der Waals surface area contributed by atoms with Gasteiger partial charge in [-0.25, -0.2) is 0 Å². The number of aryl methyl sites for hydroxylation is 3. The lowest BCUT2D eigenvalue weighted by molar-refractivity contribution is -0.120. The third kappa shape index (κ3) is 4.37. The van der Waals surface area contributed by atoms with Crippen LogP contribution in [0, 0.1) is 13.8 Å². The van der Waals surface area contributed by atoms with Crippen LogP contribution in [0.5, 0.6) is 5.75 Å². The third-order valence-electron chi connectivity index (χ3n) is 3.96. The monoisotopic (exact) mass is 386 g/mol. The molecule has 0 bridgehead atoms. The number of rotatable bonds is 6. The van der Waals surface area contributed by atoms with Crippen LogP contribution in [0.4, 0.5) is 0 Å². The number of carbonyl (C=O) groups excluding carboxylic acids is 1. The van der Waals surface area contributed by atoms with Crippen molar-refractivity contribution in [1.29, 1.82) is 0 Å². The predicted molar refractivity (Wildman–Crippen MR) is 110 cm³/mol. The molecule has 0 spiro atoms. The maximum atomic E-state index is 12.3. The second kappa shape index (κ2) is 8.56. The van der Waals surface area contributed by atoms with Crippen LogP contribution in [0.2, 0.25) is 0 Å². The van der Waals surface area contributed by atoms with Crippen molar-refractivity contribution in [1.82, 2.24) is 4.57 Å². The van der Waals surface area contributed by atoms with Gasteiger partial charge in [0.2, 0.25) is 0 Å². The molecule has 3 rings (SSSR count). The standard InChI is InChI=1S/C20H22N2O2S2/c1-14-11-15(2)19-17(12-14)22(9-10-25-3)20(26-19)21-18(23)13-24-16-7-5-4-6-8-16/h4-8,11-12H,9-10,13H2,1-3H3. The van der Waals surface area contributed by atoms with Gasteiger partial charge in [0.05, 0.1) is 10.2 Å². The van der Waals surface area contributed by atoms with E-state index in [1.165, 1.54) is 15.8 Å². The molecule has 4 nitrogen and oxygen atoms in total. The molecule has 136 valence electrons. The van der Waals surface area contributed by atoms with E-state index >= 15 is 0 Å². The Balaban J connectivity index is 1.93. The molecule has 1 amide bonds. The number of nitrogens with zero attached hydrogens (tertiary/aromatic N) is 2. The van der Waals surface area contributed by atoms with Gasteiger partial charge in [-0.15, -0.1) is 0 Å². The fourth-order valence-electron chi connectivity index (χ4n) is 2.80. The third-order valence-corrected chi connectivity index (χ3v) is 5.78. The van der Waals surface area contributed by atoms with E-state index in [0.29, 0.717) is 5.75 Å². The number of thiazole rings is 1. The number of hydrogen-bond acceptors (Lipinski definition) is 4.